The Morgan fingerprint density at radius 2 is 1.72 bits per heavy atom. The summed E-state index contributed by atoms with van der Waals surface area (Å²) in [5.41, 5.74) is -3.69. The number of amides is 2. The zero-order chi connectivity index (χ0) is 21.4. The van der Waals surface area contributed by atoms with Gasteiger partial charge in [-0.3, -0.25) is 4.79 Å². The Balaban J connectivity index is 2.13. The lowest BCUT2D eigenvalue weighted by Crippen LogP contribution is -2.72. The van der Waals surface area contributed by atoms with Crippen LogP contribution in [0.5, 0.6) is 5.75 Å². The first kappa shape index (κ1) is 20.9. The molecule has 3 rings (SSSR count). The maximum Gasteiger partial charge on any atom is 0.437 e. The molecule has 2 amide bonds. The van der Waals surface area contributed by atoms with Crippen LogP contribution in [0.4, 0.5) is 18.0 Å². The third kappa shape index (κ3) is 3.88. The van der Waals surface area contributed by atoms with Crippen molar-refractivity contribution >= 4 is 23.4 Å². The quantitative estimate of drug-likeness (QED) is 0.651. The van der Waals surface area contributed by atoms with Crippen molar-refractivity contribution in [3.8, 4) is 5.75 Å². The van der Waals surface area contributed by atoms with Gasteiger partial charge in [0.05, 0.1) is 13.2 Å². The number of hydrogen-bond donors (Lipinski definition) is 3. The molecule has 0 bridgehead atoms. The number of aliphatic hydroxyl groups is 1. The van der Waals surface area contributed by atoms with Crippen molar-refractivity contribution in [2.24, 2.45) is 5.92 Å². The van der Waals surface area contributed by atoms with E-state index in [-0.39, 0.29) is 11.1 Å². The summed E-state index contributed by atoms with van der Waals surface area (Å²) in [6.07, 6.45) is -5.32. The van der Waals surface area contributed by atoms with Crippen LogP contribution in [-0.2, 0) is 0 Å². The number of halogens is 4. The molecule has 0 saturated carbocycles. The highest BCUT2D eigenvalue weighted by atomic mass is 35.5. The minimum atomic E-state index is -5.32. The molecule has 1 saturated heterocycles. The van der Waals surface area contributed by atoms with E-state index in [1.807, 2.05) is 0 Å². The predicted octanol–water partition coefficient (Wildman–Crippen LogP) is 3.45. The van der Waals surface area contributed by atoms with Gasteiger partial charge in [-0.25, -0.2) is 4.79 Å². The third-order valence-electron chi connectivity index (χ3n) is 4.69. The van der Waals surface area contributed by atoms with Crippen molar-refractivity contribution < 1.29 is 32.6 Å². The Labute approximate surface area is 168 Å². The van der Waals surface area contributed by atoms with Gasteiger partial charge in [0.1, 0.15) is 11.7 Å². The van der Waals surface area contributed by atoms with Crippen LogP contribution < -0.4 is 15.4 Å². The van der Waals surface area contributed by atoms with Gasteiger partial charge in [0, 0.05) is 10.6 Å². The number of ketones is 1. The number of Topliss-reactive ketones (excluding diaryl/α,β-unsaturated/α-hetero) is 1. The fourth-order valence-corrected chi connectivity index (χ4v) is 3.35. The lowest BCUT2D eigenvalue weighted by Gasteiger charge is -2.45. The van der Waals surface area contributed by atoms with Gasteiger partial charge >= 0.3 is 12.2 Å². The highest BCUT2D eigenvalue weighted by Gasteiger charge is 2.66. The summed E-state index contributed by atoms with van der Waals surface area (Å²) in [6, 6.07) is 8.25. The number of urea groups is 1. The third-order valence-corrected chi connectivity index (χ3v) is 4.94. The van der Waals surface area contributed by atoms with Gasteiger partial charge in [-0.15, -0.1) is 0 Å². The summed E-state index contributed by atoms with van der Waals surface area (Å²) in [5.74, 6) is -2.72. The summed E-state index contributed by atoms with van der Waals surface area (Å²) >= 11 is 5.82. The minimum absolute atomic E-state index is 0.0876. The molecule has 2 aromatic rings. The highest BCUT2D eigenvalue weighted by molar-refractivity contribution is 6.30. The number of hydrogen-bond acceptors (Lipinski definition) is 4. The van der Waals surface area contributed by atoms with Gasteiger partial charge in [-0.1, -0.05) is 23.7 Å². The molecule has 3 N–H and O–H groups in total. The van der Waals surface area contributed by atoms with E-state index in [1.54, 1.807) is 0 Å². The van der Waals surface area contributed by atoms with Crippen LogP contribution >= 0.6 is 11.6 Å². The lowest BCUT2D eigenvalue weighted by atomic mass is 9.77. The molecule has 0 aromatic heterocycles. The Morgan fingerprint density at radius 3 is 2.24 bits per heavy atom. The van der Waals surface area contributed by atoms with E-state index < -0.39 is 35.7 Å². The molecular weight excluding hydrogens is 413 g/mol. The smallest absolute Gasteiger partial charge is 0.437 e. The van der Waals surface area contributed by atoms with Crippen LogP contribution in [0, 0.1) is 5.92 Å². The zero-order valence-electron chi connectivity index (χ0n) is 15.0. The summed E-state index contributed by atoms with van der Waals surface area (Å²) in [7, 11) is 1.40. The van der Waals surface area contributed by atoms with Gasteiger partial charge in [0.2, 0.25) is 5.72 Å². The number of nitrogens with one attached hydrogen (secondary N) is 2. The van der Waals surface area contributed by atoms with Gasteiger partial charge < -0.3 is 20.5 Å². The lowest BCUT2D eigenvalue weighted by molar-refractivity contribution is -0.287. The molecule has 3 atom stereocenters. The van der Waals surface area contributed by atoms with Crippen LogP contribution in [0.2, 0.25) is 5.02 Å². The number of methoxy groups -OCH3 is 1. The van der Waals surface area contributed by atoms with Crippen molar-refractivity contribution in [3.05, 3.63) is 64.7 Å². The molecule has 0 aliphatic carbocycles. The molecule has 1 fully saturated rings. The molecule has 1 aliphatic rings. The Bertz CT molecular complexity index is 919. The number of benzene rings is 2. The Morgan fingerprint density at radius 1 is 1.14 bits per heavy atom. The zero-order valence-corrected chi connectivity index (χ0v) is 15.7. The minimum Gasteiger partial charge on any atom is -0.497 e. The van der Waals surface area contributed by atoms with Crippen LogP contribution in [0.3, 0.4) is 0 Å². The molecule has 154 valence electrons. The molecule has 1 aliphatic heterocycles. The Hall–Kier alpha value is -2.78. The summed E-state index contributed by atoms with van der Waals surface area (Å²) < 4.78 is 46.4. The molecule has 29 heavy (non-hydrogen) atoms. The molecule has 6 nitrogen and oxygen atoms in total. The van der Waals surface area contributed by atoms with E-state index in [2.05, 4.69) is 5.32 Å². The number of rotatable bonds is 4. The van der Waals surface area contributed by atoms with E-state index in [1.165, 1.54) is 61.0 Å². The average molecular weight is 429 g/mol. The van der Waals surface area contributed by atoms with Crippen LogP contribution in [0.1, 0.15) is 22.0 Å². The standard InChI is InChI=1S/C19H16ClF3N2O4/c1-29-13-8-4-11(5-9-13)16(26)14-15(10-2-6-12(20)7-3-10)24-17(27)25-18(14,28)19(21,22)23/h2-9,14-15,28H,1H3,(H2,24,25,27). The van der Waals surface area contributed by atoms with Crippen LogP contribution in [0.15, 0.2) is 48.5 Å². The van der Waals surface area contributed by atoms with Gasteiger partial charge in [0.25, 0.3) is 0 Å². The fraction of sp³-hybridized carbons (Fsp3) is 0.263. The maximum absolute atomic E-state index is 13.8. The summed E-state index contributed by atoms with van der Waals surface area (Å²) in [4.78, 5) is 25.0. The van der Waals surface area contributed by atoms with Crippen molar-refractivity contribution in [1.82, 2.24) is 10.6 Å². The van der Waals surface area contributed by atoms with E-state index in [9.17, 15) is 27.9 Å². The average Bonchev–Trinajstić information content (AvgIpc) is 2.67. The first-order valence-corrected chi connectivity index (χ1v) is 8.76. The first-order valence-electron chi connectivity index (χ1n) is 8.38. The molecular formula is C19H16ClF3N2O4. The summed E-state index contributed by atoms with van der Waals surface area (Å²) in [6.45, 7) is 0. The number of carbonyl (C=O) groups is 2. The molecule has 0 spiro atoms. The van der Waals surface area contributed by atoms with E-state index in [4.69, 9.17) is 16.3 Å². The topological polar surface area (TPSA) is 87.7 Å². The van der Waals surface area contributed by atoms with E-state index in [0.29, 0.717) is 10.8 Å². The van der Waals surface area contributed by atoms with Crippen LogP contribution in [0.25, 0.3) is 0 Å². The second-order valence-electron chi connectivity index (χ2n) is 6.46. The van der Waals surface area contributed by atoms with Crippen molar-refractivity contribution in [1.29, 1.82) is 0 Å². The van der Waals surface area contributed by atoms with Crippen molar-refractivity contribution in [3.63, 3.8) is 0 Å². The van der Waals surface area contributed by atoms with Gasteiger partial charge in [-0.05, 0) is 42.0 Å². The van der Waals surface area contributed by atoms with Gasteiger partial charge in [0.15, 0.2) is 5.78 Å². The number of alkyl halides is 3. The highest BCUT2D eigenvalue weighted by Crippen LogP contribution is 2.44. The Kier molecular flexibility index (Phi) is 5.46. The van der Waals surface area contributed by atoms with Crippen LogP contribution in [-0.4, -0.2) is 35.9 Å². The first-order chi connectivity index (χ1) is 13.6. The van der Waals surface area contributed by atoms with Crippen molar-refractivity contribution in [2.75, 3.05) is 7.11 Å². The SMILES string of the molecule is COc1ccc(C(=O)C2C(c3ccc(Cl)cc3)NC(=O)NC2(O)C(F)(F)F)cc1. The number of carbonyl (C=O) groups excluding carboxylic acids is 2. The molecule has 1 heterocycles. The molecule has 3 unspecified atom stereocenters. The monoisotopic (exact) mass is 428 g/mol. The van der Waals surface area contributed by atoms with Crippen molar-refractivity contribution in [2.45, 2.75) is 17.9 Å². The molecule has 10 heteroatoms. The second-order valence-corrected chi connectivity index (χ2v) is 6.90. The van der Waals surface area contributed by atoms with E-state index >= 15 is 0 Å². The maximum atomic E-state index is 13.8. The summed E-state index contributed by atoms with van der Waals surface area (Å²) in [5, 5.41) is 14.6. The fourth-order valence-electron chi connectivity index (χ4n) is 3.22. The normalized spacial score (nSPS) is 24.4. The van der Waals surface area contributed by atoms with E-state index in [0.717, 1.165) is 0 Å². The largest absolute Gasteiger partial charge is 0.497 e. The second kappa shape index (κ2) is 7.57. The van der Waals surface area contributed by atoms with Gasteiger partial charge in [-0.2, -0.15) is 13.2 Å². The predicted molar refractivity (Wildman–Crippen MR) is 97.7 cm³/mol. The number of ether oxygens (including phenoxy) is 1. The molecule has 0 radical (unpaired) electrons. The molecule has 2 aromatic carbocycles.